The van der Waals surface area contributed by atoms with Gasteiger partial charge in [-0.1, -0.05) is 48.0 Å². The number of nitriles is 1. The van der Waals surface area contributed by atoms with Crippen molar-refractivity contribution >= 4 is 34.4 Å². The first-order valence-corrected chi connectivity index (χ1v) is 10.9. The maximum absolute atomic E-state index is 13.2. The van der Waals surface area contributed by atoms with Crippen LogP contribution in [0.25, 0.3) is 22.6 Å². The van der Waals surface area contributed by atoms with Crippen LogP contribution in [0.5, 0.6) is 0 Å². The molecule has 1 amide bonds. The minimum absolute atomic E-state index is 0.231. The normalized spacial score (nSPS) is 13.5. The number of esters is 1. The van der Waals surface area contributed by atoms with Gasteiger partial charge in [0.25, 0.3) is 5.91 Å². The number of allylic oxidation sites excluding steroid dienone is 1. The van der Waals surface area contributed by atoms with E-state index in [-0.39, 0.29) is 18.9 Å². The van der Waals surface area contributed by atoms with Gasteiger partial charge in [0, 0.05) is 19.0 Å². The second-order valence-corrected chi connectivity index (χ2v) is 8.21. The summed E-state index contributed by atoms with van der Waals surface area (Å²) in [6.07, 6.45) is 3.82. The van der Waals surface area contributed by atoms with Crippen LogP contribution in [0.1, 0.15) is 45.6 Å². The lowest BCUT2D eigenvalue weighted by Gasteiger charge is -2.16. The van der Waals surface area contributed by atoms with Crippen molar-refractivity contribution in [2.24, 2.45) is 0 Å². The van der Waals surface area contributed by atoms with Crippen LogP contribution >= 0.6 is 0 Å². The summed E-state index contributed by atoms with van der Waals surface area (Å²) in [5, 5.41) is 9.42. The topological polar surface area (TPSA) is 83.3 Å². The fourth-order valence-corrected chi connectivity index (χ4v) is 4.03. The molecular formula is C27H25N3O3. The largest absolute Gasteiger partial charge is 0.452 e. The standard InChI is InChI=1S/C27H25N3O3/c1-18-8-10-19(11-9-18)16-20-12-13-22-25(21-6-3-4-7-23(21)29-26(20)22)27(32)33-17-24(31)30(2)15-5-14-28/h3-4,6-11,16H,5,12-13,15,17H2,1-2H3/b20-16+. The Kier molecular flexibility index (Phi) is 6.50. The molecule has 0 bridgehead atoms. The molecule has 0 fully saturated rings. The molecule has 0 saturated heterocycles. The van der Waals surface area contributed by atoms with Crippen molar-refractivity contribution in [3.05, 3.63) is 76.5 Å². The lowest BCUT2D eigenvalue weighted by molar-refractivity contribution is -0.133. The van der Waals surface area contributed by atoms with Gasteiger partial charge in [0.15, 0.2) is 6.61 Å². The van der Waals surface area contributed by atoms with Crippen LogP contribution < -0.4 is 0 Å². The summed E-state index contributed by atoms with van der Waals surface area (Å²) in [5.41, 5.74) is 6.26. The summed E-state index contributed by atoms with van der Waals surface area (Å²) in [7, 11) is 1.59. The molecule has 166 valence electrons. The Morgan fingerprint density at radius 2 is 1.91 bits per heavy atom. The minimum Gasteiger partial charge on any atom is -0.452 e. The van der Waals surface area contributed by atoms with Crippen LogP contribution in [0.15, 0.2) is 48.5 Å². The van der Waals surface area contributed by atoms with Crippen LogP contribution in [-0.4, -0.2) is 42.0 Å². The third kappa shape index (κ3) is 4.78. The molecule has 4 rings (SSSR count). The maximum Gasteiger partial charge on any atom is 0.339 e. The van der Waals surface area contributed by atoms with Crippen molar-refractivity contribution in [1.82, 2.24) is 9.88 Å². The number of nitrogens with zero attached hydrogens (tertiary/aromatic N) is 3. The number of rotatable bonds is 6. The molecule has 33 heavy (non-hydrogen) atoms. The molecule has 0 radical (unpaired) electrons. The number of pyridine rings is 1. The molecule has 0 spiro atoms. The van der Waals surface area contributed by atoms with Crippen molar-refractivity contribution in [2.75, 3.05) is 20.2 Å². The monoisotopic (exact) mass is 439 g/mol. The summed E-state index contributed by atoms with van der Waals surface area (Å²) in [5.74, 6) is -0.864. The molecule has 3 aromatic rings. The Labute approximate surface area is 193 Å². The van der Waals surface area contributed by atoms with E-state index in [4.69, 9.17) is 15.0 Å². The molecule has 0 unspecified atom stereocenters. The van der Waals surface area contributed by atoms with E-state index in [0.717, 1.165) is 39.7 Å². The highest BCUT2D eigenvalue weighted by Crippen LogP contribution is 2.37. The summed E-state index contributed by atoms with van der Waals surface area (Å²) in [6.45, 7) is 1.99. The third-order valence-corrected chi connectivity index (χ3v) is 5.88. The van der Waals surface area contributed by atoms with Crippen LogP contribution in [0, 0.1) is 18.3 Å². The van der Waals surface area contributed by atoms with E-state index in [1.807, 2.05) is 30.3 Å². The number of aryl methyl sites for hydroxylation is 1. The van der Waals surface area contributed by atoms with Crippen molar-refractivity contribution < 1.29 is 14.3 Å². The fourth-order valence-electron chi connectivity index (χ4n) is 4.03. The molecule has 6 heteroatoms. The van der Waals surface area contributed by atoms with E-state index < -0.39 is 5.97 Å². The zero-order valence-electron chi connectivity index (χ0n) is 18.8. The first kappa shape index (κ1) is 22.2. The molecule has 1 aliphatic rings. The molecule has 1 heterocycles. The Balaban J connectivity index is 1.66. The number of carbonyl (C=O) groups excluding carboxylic acids is 2. The molecule has 1 aliphatic carbocycles. The summed E-state index contributed by atoms with van der Waals surface area (Å²) < 4.78 is 5.43. The van der Waals surface area contributed by atoms with Crippen molar-refractivity contribution in [1.29, 1.82) is 5.26 Å². The molecule has 0 N–H and O–H groups in total. The Morgan fingerprint density at radius 3 is 2.67 bits per heavy atom. The van der Waals surface area contributed by atoms with E-state index in [1.165, 1.54) is 10.5 Å². The molecular weight excluding hydrogens is 414 g/mol. The smallest absolute Gasteiger partial charge is 0.339 e. The van der Waals surface area contributed by atoms with Gasteiger partial charge in [-0.2, -0.15) is 5.26 Å². The highest BCUT2D eigenvalue weighted by atomic mass is 16.5. The molecule has 2 aromatic carbocycles. The fraction of sp³-hybridized carbons (Fsp3) is 0.259. The van der Waals surface area contributed by atoms with Crippen molar-refractivity contribution in [2.45, 2.75) is 26.2 Å². The van der Waals surface area contributed by atoms with Crippen LogP contribution in [0.3, 0.4) is 0 Å². The number of fused-ring (bicyclic) bond motifs is 2. The molecule has 0 aliphatic heterocycles. The van der Waals surface area contributed by atoms with E-state index >= 15 is 0 Å². The van der Waals surface area contributed by atoms with Crippen molar-refractivity contribution in [3.8, 4) is 6.07 Å². The number of amides is 1. The van der Waals surface area contributed by atoms with Gasteiger partial charge in [0.1, 0.15) is 0 Å². The van der Waals surface area contributed by atoms with Gasteiger partial charge >= 0.3 is 5.97 Å². The molecule has 0 saturated carbocycles. The Hall–Kier alpha value is -3.98. The third-order valence-electron chi connectivity index (χ3n) is 5.88. The summed E-state index contributed by atoms with van der Waals surface area (Å²) in [4.78, 5) is 31.7. The number of carbonyl (C=O) groups is 2. The first-order chi connectivity index (χ1) is 16.0. The second kappa shape index (κ2) is 9.66. The lowest BCUT2D eigenvalue weighted by atomic mass is 10.0. The molecule has 1 aromatic heterocycles. The predicted octanol–water partition coefficient (Wildman–Crippen LogP) is 4.56. The zero-order valence-corrected chi connectivity index (χ0v) is 18.8. The zero-order chi connectivity index (χ0) is 23.4. The number of aromatic nitrogens is 1. The van der Waals surface area contributed by atoms with E-state index in [9.17, 15) is 9.59 Å². The van der Waals surface area contributed by atoms with Gasteiger partial charge in [-0.05, 0) is 48.6 Å². The van der Waals surface area contributed by atoms with Crippen LogP contribution in [0.4, 0.5) is 0 Å². The van der Waals surface area contributed by atoms with Gasteiger partial charge in [-0.3, -0.25) is 4.79 Å². The average molecular weight is 440 g/mol. The van der Waals surface area contributed by atoms with Crippen LogP contribution in [0.2, 0.25) is 0 Å². The number of para-hydroxylation sites is 1. The van der Waals surface area contributed by atoms with Gasteiger partial charge in [0.05, 0.1) is 29.3 Å². The maximum atomic E-state index is 13.2. The number of ether oxygens (including phenoxy) is 1. The van der Waals surface area contributed by atoms with Gasteiger partial charge in [0.2, 0.25) is 0 Å². The summed E-state index contributed by atoms with van der Waals surface area (Å²) >= 11 is 0. The Bertz CT molecular complexity index is 1290. The average Bonchev–Trinajstić information content (AvgIpc) is 3.22. The van der Waals surface area contributed by atoms with Gasteiger partial charge in [-0.15, -0.1) is 0 Å². The summed E-state index contributed by atoms with van der Waals surface area (Å²) in [6, 6.07) is 17.8. The van der Waals surface area contributed by atoms with Gasteiger partial charge < -0.3 is 9.64 Å². The molecule has 0 atom stereocenters. The number of hydrogen-bond acceptors (Lipinski definition) is 5. The van der Waals surface area contributed by atoms with E-state index in [0.29, 0.717) is 18.5 Å². The second-order valence-electron chi connectivity index (χ2n) is 8.21. The van der Waals surface area contributed by atoms with Crippen molar-refractivity contribution in [3.63, 3.8) is 0 Å². The first-order valence-electron chi connectivity index (χ1n) is 10.9. The van der Waals surface area contributed by atoms with E-state index in [2.05, 4.69) is 37.3 Å². The van der Waals surface area contributed by atoms with Gasteiger partial charge in [-0.25, -0.2) is 9.78 Å². The Morgan fingerprint density at radius 1 is 1.15 bits per heavy atom. The number of hydrogen-bond donors (Lipinski definition) is 0. The highest BCUT2D eigenvalue weighted by molar-refractivity contribution is 6.07. The quantitative estimate of drug-likeness (QED) is 0.526. The minimum atomic E-state index is -0.525. The highest BCUT2D eigenvalue weighted by Gasteiger charge is 2.28. The van der Waals surface area contributed by atoms with Crippen LogP contribution in [-0.2, 0) is 16.0 Å². The molecule has 6 nitrogen and oxygen atoms in total. The van der Waals surface area contributed by atoms with E-state index in [1.54, 1.807) is 7.05 Å². The number of benzene rings is 2. The predicted molar refractivity (Wildman–Crippen MR) is 127 cm³/mol. The SMILES string of the molecule is Cc1ccc(/C=C2\CCc3c2nc2ccccc2c3C(=O)OCC(=O)N(C)CCC#N)cc1. The number of likely N-dealkylation sites (N-methyl/N-ethyl adjacent to an activating group) is 1. The lowest BCUT2D eigenvalue weighted by Crippen LogP contribution is -2.32.